The molecule has 96 valence electrons. The van der Waals surface area contributed by atoms with Crippen LogP contribution < -0.4 is 5.73 Å². The maximum Gasteiger partial charge on any atom is 0.127 e. The lowest BCUT2D eigenvalue weighted by molar-refractivity contribution is 0.169. The summed E-state index contributed by atoms with van der Waals surface area (Å²) in [7, 11) is 0. The highest BCUT2D eigenvalue weighted by Gasteiger charge is 2.19. The molecule has 4 heteroatoms. The van der Waals surface area contributed by atoms with Crippen LogP contribution in [-0.2, 0) is 6.54 Å². The summed E-state index contributed by atoms with van der Waals surface area (Å²) in [5.74, 6) is 0.484. The molecule has 1 aliphatic rings. The molecule has 1 aliphatic heterocycles. The summed E-state index contributed by atoms with van der Waals surface area (Å²) in [6.07, 6.45) is 2.39. The van der Waals surface area contributed by atoms with Crippen molar-refractivity contribution in [3.63, 3.8) is 0 Å². The first-order valence-corrected chi connectivity index (χ1v) is 5.95. The number of halogens is 2. The van der Waals surface area contributed by atoms with Crippen molar-refractivity contribution in [2.75, 3.05) is 19.6 Å². The molecule has 1 fully saturated rings. The van der Waals surface area contributed by atoms with Gasteiger partial charge in [-0.15, -0.1) is 12.4 Å². The molecule has 17 heavy (non-hydrogen) atoms. The number of nitrogens with zero attached hydrogens (tertiary/aromatic N) is 1. The fourth-order valence-corrected chi connectivity index (χ4v) is 2.35. The average molecular weight is 259 g/mol. The van der Waals surface area contributed by atoms with Crippen LogP contribution in [0.25, 0.3) is 0 Å². The zero-order chi connectivity index (χ0) is 11.4. The van der Waals surface area contributed by atoms with Gasteiger partial charge in [-0.1, -0.05) is 18.2 Å². The van der Waals surface area contributed by atoms with Gasteiger partial charge in [-0.2, -0.15) is 0 Å². The second kappa shape index (κ2) is 6.94. The topological polar surface area (TPSA) is 29.3 Å². The number of piperidine rings is 1. The van der Waals surface area contributed by atoms with Gasteiger partial charge in [0.2, 0.25) is 0 Å². The second-order valence-electron chi connectivity index (χ2n) is 4.57. The summed E-state index contributed by atoms with van der Waals surface area (Å²) in [5, 5.41) is 0. The lowest BCUT2D eigenvalue weighted by atomic mass is 9.98. The molecule has 2 N–H and O–H groups in total. The molecular weight excluding hydrogens is 239 g/mol. The van der Waals surface area contributed by atoms with Crippen molar-refractivity contribution in [2.45, 2.75) is 19.4 Å². The molecule has 1 saturated heterocycles. The maximum absolute atomic E-state index is 13.5. The first kappa shape index (κ1) is 14.4. The zero-order valence-corrected chi connectivity index (χ0v) is 10.8. The van der Waals surface area contributed by atoms with Crippen molar-refractivity contribution in [3.05, 3.63) is 35.6 Å². The van der Waals surface area contributed by atoms with Crippen LogP contribution in [0.2, 0.25) is 0 Å². The molecule has 1 heterocycles. The van der Waals surface area contributed by atoms with Crippen molar-refractivity contribution in [1.82, 2.24) is 4.90 Å². The molecule has 1 aromatic rings. The Hall–Kier alpha value is -0.640. The van der Waals surface area contributed by atoms with Gasteiger partial charge in [0, 0.05) is 18.7 Å². The van der Waals surface area contributed by atoms with Crippen LogP contribution in [-0.4, -0.2) is 24.5 Å². The third kappa shape index (κ3) is 3.95. The molecule has 2 rings (SSSR count). The zero-order valence-electron chi connectivity index (χ0n) is 9.94. The molecule has 1 aromatic carbocycles. The van der Waals surface area contributed by atoms with Crippen LogP contribution in [0.15, 0.2) is 24.3 Å². The summed E-state index contributed by atoms with van der Waals surface area (Å²) < 4.78 is 13.5. The van der Waals surface area contributed by atoms with Crippen molar-refractivity contribution in [1.29, 1.82) is 0 Å². The van der Waals surface area contributed by atoms with E-state index in [4.69, 9.17) is 5.73 Å². The lowest BCUT2D eigenvalue weighted by Gasteiger charge is -2.32. The van der Waals surface area contributed by atoms with Gasteiger partial charge in [0.05, 0.1) is 0 Å². The normalized spacial score (nSPS) is 20.9. The minimum absolute atomic E-state index is 0. The highest BCUT2D eigenvalue weighted by atomic mass is 35.5. The fourth-order valence-electron chi connectivity index (χ4n) is 2.35. The summed E-state index contributed by atoms with van der Waals surface area (Å²) in [5.41, 5.74) is 6.48. The number of likely N-dealkylation sites (tertiary alicyclic amines) is 1. The second-order valence-corrected chi connectivity index (χ2v) is 4.57. The molecular formula is C13H20ClFN2. The van der Waals surface area contributed by atoms with Crippen LogP contribution >= 0.6 is 12.4 Å². The predicted molar refractivity (Wildman–Crippen MR) is 70.7 cm³/mol. The summed E-state index contributed by atoms with van der Waals surface area (Å²) >= 11 is 0. The Labute approximate surface area is 108 Å². The Morgan fingerprint density at radius 3 is 2.82 bits per heavy atom. The Bertz CT molecular complexity index is 346. The van der Waals surface area contributed by atoms with E-state index in [2.05, 4.69) is 4.90 Å². The predicted octanol–water partition coefficient (Wildman–Crippen LogP) is 2.42. The van der Waals surface area contributed by atoms with E-state index in [0.29, 0.717) is 12.5 Å². The molecule has 0 aromatic heterocycles. The number of benzene rings is 1. The van der Waals surface area contributed by atoms with Gasteiger partial charge in [0.1, 0.15) is 5.82 Å². The Balaban J connectivity index is 0.00000144. The van der Waals surface area contributed by atoms with Gasteiger partial charge in [-0.05, 0) is 37.9 Å². The molecule has 0 spiro atoms. The smallest absolute Gasteiger partial charge is 0.127 e. The van der Waals surface area contributed by atoms with E-state index < -0.39 is 0 Å². The monoisotopic (exact) mass is 258 g/mol. The molecule has 0 aliphatic carbocycles. The van der Waals surface area contributed by atoms with Crippen molar-refractivity contribution >= 4 is 12.4 Å². The summed E-state index contributed by atoms with van der Waals surface area (Å²) in [6.45, 7) is 3.52. The molecule has 0 amide bonds. The van der Waals surface area contributed by atoms with Gasteiger partial charge >= 0.3 is 0 Å². The molecule has 1 atom stereocenters. The van der Waals surface area contributed by atoms with Gasteiger partial charge in [0.25, 0.3) is 0 Å². The van der Waals surface area contributed by atoms with Crippen molar-refractivity contribution < 1.29 is 4.39 Å². The van der Waals surface area contributed by atoms with Gasteiger partial charge in [-0.25, -0.2) is 4.39 Å². The average Bonchev–Trinajstić information content (AvgIpc) is 2.32. The summed E-state index contributed by atoms with van der Waals surface area (Å²) in [4.78, 5) is 2.31. The van der Waals surface area contributed by atoms with E-state index in [9.17, 15) is 4.39 Å². The van der Waals surface area contributed by atoms with E-state index in [0.717, 1.165) is 25.2 Å². The van der Waals surface area contributed by atoms with Crippen LogP contribution in [0.3, 0.4) is 0 Å². The Morgan fingerprint density at radius 1 is 1.35 bits per heavy atom. The van der Waals surface area contributed by atoms with Crippen molar-refractivity contribution in [3.8, 4) is 0 Å². The Kier molecular flexibility index (Phi) is 5.89. The van der Waals surface area contributed by atoms with E-state index in [1.165, 1.54) is 18.9 Å². The number of nitrogens with two attached hydrogens (primary N) is 1. The molecule has 2 nitrogen and oxygen atoms in total. The van der Waals surface area contributed by atoms with Gasteiger partial charge < -0.3 is 5.73 Å². The third-order valence-corrected chi connectivity index (χ3v) is 3.29. The quantitative estimate of drug-likeness (QED) is 0.902. The SMILES string of the molecule is Cl.NCC1CCCN(Cc2ccccc2F)C1. The van der Waals surface area contributed by atoms with Gasteiger partial charge in [-0.3, -0.25) is 4.90 Å². The molecule has 0 bridgehead atoms. The van der Waals surface area contributed by atoms with E-state index in [-0.39, 0.29) is 18.2 Å². The summed E-state index contributed by atoms with van der Waals surface area (Å²) in [6, 6.07) is 7.02. The van der Waals surface area contributed by atoms with Crippen molar-refractivity contribution in [2.24, 2.45) is 11.7 Å². The highest BCUT2D eigenvalue weighted by Crippen LogP contribution is 2.18. The highest BCUT2D eigenvalue weighted by molar-refractivity contribution is 5.85. The first-order chi connectivity index (χ1) is 7.79. The number of rotatable bonds is 3. The largest absolute Gasteiger partial charge is 0.330 e. The van der Waals surface area contributed by atoms with E-state index >= 15 is 0 Å². The maximum atomic E-state index is 13.5. The first-order valence-electron chi connectivity index (χ1n) is 5.95. The van der Waals surface area contributed by atoms with Crippen LogP contribution in [0, 0.1) is 11.7 Å². The van der Waals surface area contributed by atoms with Crippen LogP contribution in [0.4, 0.5) is 4.39 Å². The van der Waals surface area contributed by atoms with E-state index in [1.54, 1.807) is 6.07 Å². The lowest BCUT2D eigenvalue weighted by Crippen LogP contribution is -2.38. The standard InChI is InChI=1S/C13H19FN2.ClH/c14-13-6-2-1-5-12(13)10-16-7-3-4-11(8-15)9-16;/h1-2,5-6,11H,3-4,7-10,15H2;1H. The van der Waals surface area contributed by atoms with E-state index in [1.807, 2.05) is 12.1 Å². The number of hydrogen-bond acceptors (Lipinski definition) is 2. The Morgan fingerprint density at radius 2 is 2.12 bits per heavy atom. The third-order valence-electron chi connectivity index (χ3n) is 3.29. The minimum Gasteiger partial charge on any atom is -0.330 e. The molecule has 0 radical (unpaired) electrons. The van der Waals surface area contributed by atoms with Gasteiger partial charge in [0.15, 0.2) is 0 Å². The fraction of sp³-hybridized carbons (Fsp3) is 0.538. The molecule has 1 unspecified atom stereocenters. The molecule has 0 saturated carbocycles. The van der Waals surface area contributed by atoms with Crippen LogP contribution in [0.1, 0.15) is 18.4 Å². The van der Waals surface area contributed by atoms with Crippen LogP contribution in [0.5, 0.6) is 0 Å². The number of hydrogen-bond donors (Lipinski definition) is 1. The minimum atomic E-state index is -0.0997.